The molecule has 4 nitrogen and oxygen atoms in total. The Balaban J connectivity index is 2.01. The van der Waals surface area contributed by atoms with Crippen LogP contribution in [-0.4, -0.2) is 31.3 Å². The van der Waals surface area contributed by atoms with Crippen LogP contribution in [0.5, 0.6) is 0 Å². The second kappa shape index (κ2) is 7.03. The first-order chi connectivity index (χ1) is 9.72. The molecule has 0 aromatic heterocycles. The lowest BCUT2D eigenvalue weighted by Gasteiger charge is -2.14. The first-order valence-corrected chi connectivity index (χ1v) is 6.63. The first-order valence-electron chi connectivity index (χ1n) is 6.63. The molecule has 2 N–H and O–H groups in total. The maximum atomic E-state index is 11.3. The third kappa shape index (κ3) is 3.56. The molecule has 0 aliphatic rings. The summed E-state index contributed by atoms with van der Waals surface area (Å²) in [7, 11) is 1.48. The van der Waals surface area contributed by atoms with E-state index in [2.05, 4.69) is 5.32 Å². The molecule has 2 aromatic carbocycles. The van der Waals surface area contributed by atoms with Crippen molar-refractivity contribution in [2.24, 2.45) is 0 Å². The number of carbonyl (C=O) groups excluding carboxylic acids is 1. The zero-order valence-corrected chi connectivity index (χ0v) is 11.5. The number of rotatable bonds is 6. The van der Waals surface area contributed by atoms with Crippen LogP contribution >= 0.6 is 0 Å². The number of amides is 1. The summed E-state index contributed by atoms with van der Waals surface area (Å²) in [6, 6.07) is 13.8. The molecule has 0 saturated heterocycles. The second-order valence-electron chi connectivity index (χ2n) is 4.66. The van der Waals surface area contributed by atoms with E-state index >= 15 is 0 Å². The molecule has 1 atom stereocenters. The number of hydrogen-bond acceptors (Lipinski definition) is 3. The lowest BCUT2D eigenvalue weighted by Crippen LogP contribution is -2.28. The fourth-order valence-corrected chi connectivity index (χ4v) is 2.23. The fraction of sp³-hybridized carbons (Fsp3) is 0.312. The van der Waals surface area contributed by atoms with Crippen molar-refractivity contribution >= 4 is 16.7 Å². The van der Waals surface area contributed by atoms with E-state index in [0.29, 0.717) is 13.0 Å². The van der Waals surface area contributed by atoms with Crippen LogP contribution in [0.15, 0.2) is 42.5 Å². The minimum Gasteiger partial charge on any atom is -0.388 e. The molecule has 0 bridgehead atoms. The van der Waals surface area contributed by atoms with Gasteiger partial charge in [0, 0.05) is 13.7 Å². The lowest BCUT2D eigenvalue weighted by atomic mass is 9.99. The van der Waals surface area contributed by atoms with Crippen LogP contribution in [0.1, 0.15) is 18.1 Å². The summed E-state index contributed by atoms with van der Waals surface area (Å²) in [6.07, 6.45) is -0.118. The molecule has 0 unspecified atom stereocenters. The number of methoxy groups -OCH3 is 1. The highest BCUT2D eigenvalue weighted by Gasteiger charge is 2.11. The van der Waals surface area contributed by atoms with Crippen LogP contribution in [0.4, 0.5) is 0 Å². The molecule has 0 radical (unpaired) electrons. The molecule has 0 aliphatic heterocycles. The lowest BCUT2D eigenvalue weighted by molar-refractivity contribution is -0.124. The predicted octanol–water partition coefficient (Wildman–Crippen LogP) is 2.03. The normalized spacial score (nSPS) is 12.3. The van der Waals surface area contributed by atoms with Crippen LogP contribution in [0, 0.1) is 0 Å². The topological polar surface area (TPSA) is 58.6 Å². The van der Waals surface area contributed by atoms with Gasteiger partial charge in [0.2, 0.25) is 5.91 Å². The third-order valence-electron chi connectivity index (χ3n) is 3.20. The molecule has 0 heterocycles. The molecular formula is C16H19NO3. The molecule has 2 rings (SSSR count). The number of carbonyl (C=O) groups is 1. The number of ether oxygens (including phenoxy) is 1. The van der Waals surface area contributed by atoms with Crippen molar-refractivity contribution in [2.75, 3.05) is 20.3 Å². The Morgan fingerprint density at radius 1 is 1.25 bits per heavy atom. The first kappa shape index (κ1) is 14.5. The van der Waals surface area contributed by atoms with Crippen LogP contribution in [0.2, 0.25) is 0 Å². The second-order valence-corrected chi connectivity index (χ2v) is 4.66. The number of nitrogens with one attached hydrogen (secondary N) is 1. The smallest absolute Gasteiger partial charge is 0.245 e. The van der Waals surface area contributed by atoms with E-state index in [9.17, 15) is 9.90 Å². The van der Waals surface area contributed by atoms with E-state index in [-0.39, 0.29) is 12.5 Å². The largest absolute Gasteiger partial charge is 0.388 e. The minimum absolute atomic E-state index is 0.0460. The van der Waals surface area contributed by atoms with Crippen molar-refractivity contribution in [3.05, 3.63) is 48.0 Å². The van der Waals surface area contributed by atoms with Gasteiger partial charge >= 0.3 is 0 Å². The molecule has 20 heavy (non-hydrogen) atoms. The molecule has 4 heteroatoms. The zero-order chi connectivity index (χ0) is 14.4. The highest BCUT2D eigenvalue weighted by molar-refractivity contribution is 5.86. The van der Waals surface area contributed by atoms with Gasteiger partial charge in [0.1, 0.15) is 6.61 Å². The van der Waals surface area contributed by atoms with Gasteiger partial charge in [-0.2, -0.15) is 0 Å². The van der Waals surface area contributed by atoms with Crippen molar-refractivity contribution in [1.82, 2.24) is 5.32 Å². The summed E-state index contributed by atoms with van der Waals surface area (Å²) in [5.74, 6) is -0.169. The summed E-state index contributed by atoms with van der Waals surface area (Å²) in [6.45, 7) is 0.469. The van der Waals surface area contributed by atoms with Gasteiger partial charge in [-0.05, 0) is 22.8 Å². The predicted molar refractivity (Wildman–Crippen MR) is 78.4 cm³/mol. The number of aliphatic hydroxyl groups is 1. The van der Waals surface area contributed by atoms with Crippen LogP contribution in [-0.2, 0) is 9.53 Å². The molecule has 0 aliphatic carbocycles. The van der Waals surface area contributed by atoms with Gasteiger partial charge < -0.3 is 15.2 Å². The van der Waals surface area contributed by atoms with E-state index in [1.807, 2.05) is 42.5 Å². The average molecular weight is 273 g/mol. The van der Waals surface area contributed by atoms with Gasteiger partial charge in [-0.15, -0.1) is 0 Å². The van der Waals surface area contributed by atoms with Crippen molar-refractivity contribution in [3.8, 4) is 0 Å². The Bertz CT molecular complexity index is 577. The van der Waals surface area contributed by atoms with E-state index in [1.165, 1.54) is 7.11 Å². The molecule has 0 spiro atoms. The standard InChI is InChI=1S/C16H19NO3/c1-20-11-16(19)17-10-9-15(18)14-8-4-6-12-5-2-3-7-13(12)14/h2-8,15,18H,9-11H2,1H3,(H,17,19)/t15-/m0/s1. The molecular weight excluding hydrogens is 254 g/mol. The SMILES string of the molecule is COCC(=O)NCC[C@H](O)c1cccc2ccccc12. The van der Waals surface area contributed by atoms with Crippen LogP contribution in [0.25, 0.3) is 10.8 Å². The van der Waals surface area contributed by atoms with Crippen molar-refractivity contribution in [1.29, 1.82) is 0 Å². The Labute approximate surface area is 118 Å². The zero-order valence-electron chi connectivity index (χ0n) is 11.5. The molecule has 0 fully saturated rings. The monoisotopic (exact) mass is 273 g/mol. The number of hydrogen-bond donors (Lipinski definition) is 2. The van der Waals surface area contributed by atoms with Gasteiger partial charge in [-0.1, -0.05) is 42.5 Å². The fourth-order valence-electron chi connectivity index (χ4n) is 2.23. The highest BCUT2D eigenvalue weighted by atomic mass is 16.5. The summed E-state index contributed by atoms with van der Waals surface area (Å²) in [4.78, 5) is 11.3. The minimum atomic E-state index is -0.594. The Morgan fingerprint density at radius 3 is 2.80 bits per heavy atom. The summed E-state index contributed by atoms with van der Waals surface area (Å²) < 4.78 is 4.73. The van der Waals surface area contributed by atoms with Gasteiger partial charge in [0.15, 0.2) is 0 Å². The van der Waals surface area contributed by atoms with Crippen molar-refractivity contribution < 1.29 is 14.6 Å². The third-order valence-corrected chi connectivity index (χ3v) is 3.20. The Morgan fingerprint density at radius 2 is 2.00 bits per heavy atom. The van der Waals surface area contributed by atoms with Crippen molar-refractivity contribution in [3.63, 3.8) is 0 Å². The maximum Gasteiger partial charge on any atom is 0.245 e. The molecule has 1 amide bonds. The van der Waals surface area contributed by atoms with E-state index in [1.54, 1.807) is 0 Å². The maximum absolute atomic E-state index is 11.3. The van der Waals surface area contributed by atoms with Gasteiger partial charge in [-0.3, -0.25) is 4.79 Å². The van der Waals surface area contributed by atoms with Crippen LogP contribution < -0.4 is 5.32 Å². The van der Waals surface area contributed by atoms with Gasteiger partial charge in [0.25, 0.3) is 0 Å². The molecule has 0 saturated carbocycles. The number of fused-ring (bicyclic) bond motifs is 1. The van der Waals surface area contributed by atoms with Gasteiger partial charge in [0.05, 0.1) is 6.10 Å². The van der Waals surface area contributed by atoms with Crippen molar-refractivity contribution in [2.45, 2.75) is 12.5 Å². The van der Waals surface area contributed by atoms with Gasteiger partial charge in [-0.25, -0.2) is 0 Å². The quantitative estimate of drug-likeness (QED) is 0.846. The highest BCUT2D eigenvalue weighted by Crippen LogP contribution is 2.25. The summed E-state index contributed by atoms with van der Waals surface area (Å²) >= 11 is 0. The average Bonchev–Trinajstić information content (AvgIpc) is 2.47. The Kier molecular flexibility index (Phi) is 5.09. The van der Waals surface area contributed by atoms with E-state index < -0.39 is 6.10 Å². The number of benzene rings is 2. The van der Waals surface area contributed by atoms with E-state index in [0.717, 1.165) is 16.3 Å². The summed E-state index contributed by atoms with van der Waals surface area (Å²) in [5, 5.41) is 15.1. The molecule has 106 valence electrons. The summed E-state index contributed by atoms with van der Waals surface area (Å²) in [5.41, 5.74) is 0.893. The van der Waals surface area contributed by atoms with Crippen LogP contribution in [0.3, 0.4) is 0 Å². The molecule has 2 aromatic rings. The Hall–Kier alpha value is -1.91. The number of aliphatic hydroxyl groups excluding tert-OH is 1. The van der Waals surface area contributed by atoms with E-state index in [4.69, 9.17) is 4.74 Å².